The molecule has 1 saturated carbocycles. The van der Waals surface area contributed by atoms with Crippen LogP contribution in [0, 0.1) is 15.9 Å². The molecule has 1 fully saturated rings. The Labute approximate surface area is 109 Å². The Balaban J connectivity index is 1.86. The molecule has 0 saturated heterocycles. The molecule has 1 aromatic rings. The third-order valence-corrected chi connectivity index (χ3v) is 2.80. The number of nitrogens with zero attached hydrogens (tertiary/aromatic N) is 1. The molecule has 102 valence electrons. The average Bonchev–Trinajstić information content (AvgIpc) is 3.14. The summed E-state index contributed by atoms with van der Waals surface area (Å²) in [7, 11) is 0. The highest BCUT2D eigenvalue weighted by molar-refractivity contribution is 5.78. The van der Waals surface area contributed by atoms with E-state index in [2.05, 4.69) is 10.6 Å². The van der Waals surface area contributed by atoms with Gasteiger partial charge in [0, 0.05) is 24.2 Å². The lowest BCUT2D eigenvalue weighted by atomic mass is 10.2. The first kappa shape index (κ1) is 13.4. The topological polar surface area (TPSA) is 84.3 Å². The molecule has 2 rings (SSSR count). The van der Waals surface area contributed by atoms with E-state index < -0.39 is 16.4 Å². The van der Waals surface area contributed by atoms with E-state index in [1.54, 1.807) is 0 Å². The molecule has 0 spiro atoms. The second-order valence-corrected chi connectivity index (χ2v) is 4.45. The van der Waals surface area contributed by atoms with E-state index >= 15 is 0 Å². The SMILES string of the molecule is O=C(CNCc1cccc([N+](=O)[O-])c1F)NC1CC1. The number of rotatable bonds is 6. The standard InChI is InChI=1S/C12H14FN3O3/c13-12-8(2-1-3-10(12)16(18)19)6-14-7-11(17)15-9-4-5-9/h1-3,9,14H,4-7H2,(H,15,17). The molecule has 0 aromatic heterocycles. The van der Waals surface area contributed by atoms with Gasteiger partial charge in [-0.15, -0.1) is 0 Å². The number of benzene rings is 1. The Hall–Kier alpha value is -2.02. The van der Waals surface area contributed by atoms with Crippen LogP contribution in [0.4, 0.5) is 10.1 Å². The summed E-state index contributed by atoms with van der Waals surface area (Å²) in [5, 5.41) is 16.1. The van der Waals surface area contributed by atoms with Gasteiger partial charge >= 0.3 is 5.69 Å². The lowest BCUT2D eigenvalue weighted by Gasteiger charge is -2.06. The lowest BCUT2D eigenvalue weighted by Crippen LogP contribution is -2.34. The van der Waals surface area contributed by atoms with Gasteiger partial charge in [0.1, 0.15) is 0 Å². The molecule has 0 heterocycles. The summed E-state index contributed by atoms with van der Waals surface area (Å²) in [6.07, 6.45) is 2.01. The summed E-state index contributed by atoms with van der Waals surface area (Å²) < 4.78 is 13.7. The molecular formula is C12H14FN3O3. The van der Waals surface area contributed by atoms with Crippen LogP contribution in [0.15, 0.2) is 18.2 Å². The minimum absolute atomic E-state index is 0.0681. The first-order valence-corrected chi connectivity index (χ1v) is 6.00. The summed E-state index contributed by atoms with van der Waals surface area (Å²) in [5.41, 5.74) is -0.379. The molecular weight excluding hydrogens is 253 g/mol. The summed E-state index contributed by atoms with van der Waals surface area (Å²) in [6, 6.07) is 4.26. The summed E-state index contributed by atoms with van der Waals surface area (Å²) in [6.45, 7) is 0.143. The molecule has 1 aliphatic rings. The maximum atomic E-state index is 13.7. The van der Waals surface area contributed by atoms with Crippen molar-refractivity contribution >= 4 is 11.6 Å². The Kier molecular flexibility index (Phi) is 4.06. The van der Waals surface area contributed by atoms with Crippen molar-refractivity contribution in [1.82, 2.24) is 10.6 Å². The second kappa shape index (κ2) is 5.75. The van der Waals surface area contributed by atoms with Gasteiger partial charge in [-0.1, -0.05) is 12.1 Å². The normalized spacial score (nSPS) is 14.2. The number of halogens is 1. The van der Waals surface area contributed by atoms with Crippen LogP contribution in [-0.2, 0) is 11.3 Å². The molecule has 0 atom stereocenters. The fourth-order valence-corrected chi connectivity index (χ4v) is 1.66. The first-order chi connectivity index (χ1) is 9.08. The van der Waals surface area contributed by atoms with Crippen molar-refractivity contribution in [3.05, 3.63) is 39.7 Å². The zero-order chi connectivity index (χ0) is 13.8. The van der Waals surface area contributed by atoms with Crippen molar-refractivity contribution in [1.29, 1.82) is 0 Å². The highest BCUT2D eigenvalue weighted by Crippen LogP contribution is 2.20. The molecule has 19 heavy (non-hydrogen) atoms. The van der Waals surface area contributed by atoms with Crippen LogP contribution in [0.2, 0.25) is 0 Å². The van der Waals surface area contributed by atoms with Gasteiger partial charge in [-0.25, -0.2) is 0 Å². The predicted molar refractivity (Wildman–Crippen MR) is 65.9 cm³/mol. The number of nitrogens with one attached hydrogen (secondary N) is 2. The maximum Gasteiger partial charge on any atom is 0.305 e. The van der Waals surface area contributed by atoms with Crippen LogP contribution in [0.3, 0.4) is 0 Å². The van der Waals surface area contributed by atoms with E-state index in [0.29, 0.717) is 0 Å². The van der Waals surface area contributed by atoms with Crippen LogP contribution in [0.1, 0.15) is 18.4 Å². The monoisotopic (exact) mass is 267 g/mol. The molecule has 1 amide bonds. The Bertz CT molecular complexity index is 503. The smallest absolute Gasteiger partial charge is 0.305 e. The first-order valence-electron chi connectivity index (χ1n) is 6.00. The summed E-state index contributed by atoms with van der Waals surface area (Å²) in [4.78, 5) is 21.2. The summed E-state index contributed by atoms with van der Waals surface area (Å²) >= 11 is 0. The third-order valence-electron chi connectivity index (χ3n) is 2.80. The van der Waals surface area contributed by atoms with Crippen LogP contribution in [0.5, 0.6) is 0 Å². The molecule has 1 aliphatic carbocycles. The zero-order valence-electron chi connectivity index (χ0n) is 10.2. The zero-order valence-corrected chi connectivity index (χ0v) is 10.2. The fraction of sp³-hybridized carbons (Fsp3) is 0.417. The van der Waals surface area contributed by atoms with Crippen molar-refractivity contribution in [2.45, 2.75) is 25.4 Å². The summed E-state index contributed by atoms with van der Waals surface area (Å²) in [5.74, 6) is -1.00. The number of carbonyl (C=O) groups is 1. The number of nitro groups is 1. The van der Waals surface area contributed by atoms with Crippen LogP contribution in [-0.4, -0.2) is 23.4 Å². The van der Waals surface area contributed by atoms with Crippen LogP contribution >= 0.6 is 0 Å². The molecule has 0 aliphatic heterocycles. The van der Waals surface area contributed by atoms with Crippen molar-refractivity contribution in [2.75, 3.05) is 6.54 Å². The van der Waals surface area contributed by atoms with Crippen molar-refractivity contribution in [3.63, 3.8) is 0 Å². The van der Waals surface area contributed by atoms with Gasteiger partial charge < -0.3 is 10.6 Å². The average molecular weight is 267 g/mol. The van der Waals surface area contributed by atoms with Gasteiger partial charge in [0.15, 0.2) is 0 Å². The Morgan fingerprint density at radius 2 is 2.21 bits per heavy atom. The van der Waals surface area contributed by atoms with Gasteiger partial charge in [-0.3, -0.25) is 14.9 Å². The maximum absolute atomic E-state index is 13.7. The van der Waals surface area contributed by atoms with Crippen molar-refractivity contribution in [2.24, 2.45) is 0 Å². The molecule has 7 heteroatoms. The number of carbonyl (C=O) groups excluding carboxylic acids is 1. The molecule has 0 radical (unpaired) electrons. The van der Waals surface area contributed by atoms with E-state index in [4.69, 9.17) is 0 Å². The van der Waals surface area contributed by atoms with E-state index in [9.17, 15) is 19.3 Å². The highest BCUT2D eigenvalue weighted by Gasteiger charge is 2.23. The van der Waals surface area contributed by atoms with E-state index in [1.807, 2.05) is 0 Å². The molecule has 6 nitrogen and oxygen atoms in total. The quantitative estimate of drug-likeness (QED) is 0.597. The minimum atomic E-state index is -0.859. The largest absolute Gasteiger partial charge is 0.352 e. The van der Waals surface area contributed by atoms with Crippen molar-refractivity contribution < 1.29 is 14.1 Å². The van der Waals surface area contributed by atoms with Crippen molar-refractivity contribution in [3.8, 4) is 0 Å². The van der Waals surface area contributed by atoms with E-state index in [0.717, 1.165) is 18.9 Å². The number of hydrogen-bond donors (Lipinski definition) is 2. The molecule has 0 unspecified atom stereocenters. The lowest BCUT2D eigenvalue weighted by molar-refractivity contribution is -0.387. The van der Waals surface area contributed by atoms with E-state index in [-0.39, 0.29) is 30.6 Å². The second-order valence-electron chi connectivity index (χ2n) is 4.45. The Morgan fingerprint density at radius 3 is 2.84 bits per heavy atom. The predicted octanol–water partition coefficient (Wildman–Crippen LogP) is 1.10. The van der Waals surface area contributed by atoms with Gasteiger partial charge in [-0.2, -0.15) is 4.39 Å². The third kappa shape index (κ3) is 3.72. The van der Waals surface area contributed by atoms with Gasteiger partial charge in [-0.05, 0) is 12.8 Å². The Morgan fingerprint density at radius 1 is 1.47 bits per heavy atom. The van der Waals surface area contributed by atoms with Gasteiger partial charge in [0.05, 0.1) is 11.5 Å². The fourth-order valence-electron chi connectivity index (χ4n) is 1.66. The van der Waals surface area contributed by atoms with Gasteiger partial charge in [0.2, 0.25) is 11.7 Å². The van der Waals surface area contributed by atoms with Crippen LogP contribution in [0.25, 0.3) is 0 Å². The number of hydrogen-bond acceptors (Lipinski definition) is 4. The number of nitro benzene ring substituents is 1. The van der Waals surface area contributed by atoms with Crippen LogP contribution < -0.4 is 10.6 Å². The highest BCUT2D eigenvalue weighted by atomic mass is 19.1. The number of amides is 1. The molecule has 0 bridgehead atoms. The molecule has 2 N–H and O–H groups in total. The minimum Gasteiger partial charge on any atom is -0.352 e. The van der Waals surface area contributed by atoms with E-state index in [1.165, 1.54) is 12.1 Å². The molecule has 1 aromatic carbocycles. The van der Waals surface area contributed by atoms with Gasteiger partial charge in [0.25, 0.3) is 0 Å².